The topological polar surface area (TPSA) is 79.4 Å². The van der Waals surface area contributed by atoms with Crippen LogP contribution in [0.15, 0.2) is 6.20 Å². The van der Waals surface area contributed by atoms with Crippen LogP contribution in [-0.4, -0.2) is 33.5 Å². The fourth-order valence-corrected chi connectivity index (χ4v) is 1.31. The first-order chi connectivity index (χ1) is 7.08. The van der Waals surface area contributed by atoms with Crippen LogP contribution in [0.2, 0.25) is 0 Å². The number of hydrogen-bond acceptors (Lipinski definition) is 5. The summed E-state index contributed by atoms with van der Waals surface area (Å²) in [5.74, 6) is 0.0580. The van der Waals surface area contributed by atoms with Gasteiger partial charge in [0.25, 0.3) is 0 Å². The number of ether oxygens (including phenoxy) is 2. The van der Waals surface area contributed by atoms with Gasteiger partial charge >= 0.3 is 11.6 Å². The van der Waals surface area contributed by atoms with E-state index in [4.69, 9.17) is 9.47 Å². The second-order valence-electron chi connectivity index (χ2n) is 3.45. The average Bonchev–Trinajstić information content (AvgIpc) is 2.54. The quantitative estimate of drug-likeness (QED) is 0.539. The molecule has 2 heterocycles. The van der Waals surface area contributed by atoms with E-state index in [1.54, 1.807) is 7.05 Å². The van der Waals surface area contributed by atoms with Gasteiger partial charge in [0.15, 0.2) is 0 Å². The molecule has 7 nitrogen and oxygen atoms in total. The highest BCUT2D eigenvalue weighted by atomic mass is 16.6. The summed E-state index contributed by atoms with van der Waals surface area (Å²) in [4.78, 5) is 10.1. The first-order valence-electron chi connectivity index (χ1n) is 4.54. The first-order valence-corrected chi connectivity index (χ1v) is 4.54. The van der Waals surface area contributed by atoms with Gasteiger partial charge in [0.05, 0.1) is 17.6 Å². The number of aromatic nitrogens is 2. The molecule has 82 valence electrons. The lowest BCUT2D eigenvalue weighted by Crippen LogP contribution is -2.46. The lowest BCUT2D eigenvalue weighted by atomic mass is 10.2. The lowest BCUT2D eigenvalue weighted by molar-refractivity contribution is -0.386. The van der Waals surface area contributed by atoms with E-state index in [0.29, 0.717) is 6.61 Å². The Balaban J connectivity index is 2.16. The molecule has 1 saturated heterocycles. The van der Waals surface area contributed by atoms with Crippen molar-refractivity contribution < 1.29 is 14.4 Å². The van der Waals surface area contributed by atoms with E-state index >= 15 is 0 Å². The molecule has 0 saturated carbocycles. The summed E-state index contributed by atoms with van der Waals surface area (Å²) in [6.07, 6.45) is 1.14. The summed E-state index contributed by atoms with van der Waals surface area (Å²) in [6.45, 7) is 2.30. The van der Waals surface area contributed by atoms with E-state index in [0.717, 1.165) is 0 Å². The van der Waals surface area contributed by atoms with Crippen LogP contribution in [0.5, 0.6) is 5.88 Å². The van der Waals surface area contributed by atoms with Crippen LogP contribution in [0.4, 0.5) is 5.69 Å². The Morgan fingerprint density at radius 3 is 3.00 bits per heavy atom. The van der Waals surface area contributed by atoms with Crippen molar-refractivity contribution >= 4 is 5.69 Å². The molecule has 15 heavy (non-hydrogen) atoms. The average molecular weight is 213 g/mol. The highest BCUT2D eigenvalue weighted by Crippen LogP contribution is 2.27. The molecule has 1 fully saturated rings. The molecule has 2 rings (SSSR count). The third-order valence-corrected chi connectivity index (χ3v) is 2.28. The summed E-state index contributed by atoms with van der Waals surface area (Å²) in [6, 6.07) is 0. The molecule has 0 amide bonds. The molecule has 1 aromatic heterocycles. The van der Waals surface area contributed by atoms with Crippen LogP contribution in [-0.2, 0) is 11.8 Å². The van der Waals surface area contributed by atoms with Gasteiger partial charge in [-0.3, -0.25) is 14.8 Å². The molecule has 0 aromatic carbocycles. The van der Waals surface area contributed by atoms with Crippen molar-refractivity contribution in [1.82, 2.24) is 9.78 Å². The van der Waals surface area contributed by atoms with E-state index in [1.807, 2.05) is 6.92 Å². The number of hydrogen-bond donors (Lipinski definition) is 0. The zero-order valence-corrected chi connectivity index (χ0v) is 8.41. The number of rotatable bonds is 3. The minimum Gasteiger partial charge on any atom is -0.463 e. The molecular formula is C8H11N3O4. The Labute approximate surface area is 85.7 Å². The Kier molecular flexibility index (Phi) is 2.31. The summed E-state index contributed by atoms with van der Waals surface area (Å²) < 4.78 is 11.8. The lowest BCUT2D eigenvalue weighted by Gasteiger charge is -2.32. The third kappa shape index (κ3) is 1.78. The summed E-state index contributed by atoms with van der Waals surface area (Å²) in [5, 5.41) is 14.5. The van der Waals surface area contributed by atoms with E-state index in [1.165, 1.54) is 10.9 Å². The van der Waals surface area contributed by atoms with Gasteiger partial charge in [-0.15, -0.1) is 5.10 Å². The molecule has 1 aliphatic rings. The maximum Gasteiger partial charge on any atom is 0.350 e. The molecule has 0 radical (unpaired) electrons. The van der Waals surface area contributed by atoms with Crippen molar-refractivity contribution in [3.63, 3.8) is 0 Å². The SMILES string of the molecule is CC1OCC1Oc1nn(C)cc1[N+](=O)[O-]. The number of aryl methyl sites for hydroxylation is 1. The zero-order chi connectivity index (χ0) is 11.0. The molecule has 0 N–H and O–H groups in total. The standard InChI is InChI=1S/C8H11N3O4/c1-5-7(4-14-5)15-8-6(11(12)13)3-10(2)9-8/h3,5,7H,4H2,1-2H3. The summed E-state index contributed by atoms with van der Waals surface area (Å²) >= 11 is 0. The Morgan fingerprint density at radius 2 is 2.53 bits per heavy atom. The maximum atomic E-state index is 10.6. The fraction of sp³-hybridized carbons (Fsp3) is 0.625. The molecule has 2 unspecified atom stereocenters. The monoisotopic (exact) mass is 213 g/mol. The summed E-state index contributed by atoms with van der Waals surface area (Å²) in [7, 11) is 1.61. The Morgan fingerprint density at radius 1 is 1.80 bits per heavy atom. The van der Waals surface area contributed by atoms with Crippen LogP contribution >= 0.6 is 0 Å². The normalized spacial score (nSPS) is 24.7. The molecule has 1 aromatic rings. The van der Waals surface area contributed by atoms with Gasteiger partial charge in [-0.2, -0.15) is 0 Å². The van der Waals surface area contributed by atoms with Gasteiger partial charge in [0.2, 0.25) is 0 Å². The first kappa shape index (κ1) is 9.91. The predicted octanol–water partition coefficient (Wildman–Crippen LogP) is 0.494. The molecule has 7 heteroatoms. The van der Waals surface area contributed by atoms with Crippen molar-refractivity contribution in [2.24, 2.45) is 7.05 Å². The van der Waals surface area contributed by atoms with Gasteiger partial charge in [0.1, 0.15) is 12.3 Å². The minimum absolute atomic E-state index is 0.0355. The van der Waals surface area contributed by atoms with Crippen LogP contribution in [0.1, 0.15) is 6.92 Å². The summed E-state index contributed by atoms with van der Waals surface area (Å²) in [5.41, 5.74) is -0.114. The van der Waals surface area contributed by atoms with Crippen molar-refractivity contribution in [2.75, 3.05) is 6.61 Å². The highest BCUT2D eigenvalue weighted by Gasteiger charge is 2.33. The molecule has 0 spiro atoms. The van der Waals surface area contributed by atoms with Crippen molar-refractivity contribution in [1.29, 1.82) is 0 Å². The molecule has 0 bridgehead atoms. The molecule has 1 aliphatic heterocycles. The largest absolute Gasteiger partial charge is 0.463 e. The van der Waals surface area contributed by atoms with Crippen LogP contribution in [0.25, 0.3) is 0 Å². The molecular weight excluding hydrogens is 202 g/mol. The molecule has 2 atom stereocenters. The second kappa shape index (κ2) is 3.50. The van der Waals surface area contributed by atoms with Crippen LogP contribution in [0.3, 0.4) is 0 Å². The van der Waals surface area contributed by atoms with Crippen molar-refractivity contribution in [3.05, 3.63) is 16.3 Å². The van der Waals surface area contributed by atoms with Crippen molar-refractivity contribution in [2.45, 2.75) is 19.1 Å². The molecule has 0 aliphatic carbocycles. The van der Waals surface area contributed by atoms with Gasteiger partial charge in [-0.1, -0.05) is 0 Å². The van der Waals surface area contributed by atoms with E-state index in [9.17, 15) is 10.1 Å². The highest BCUT2D eigenvalue weighted by molar-refractivity contribution is 5.38. The number of nitrogens with zero attached hydrogens (tertiary/aromatic N) is 3. The van der Waals surface area contributed by atoms with Gasteiger partial charge in [0, 0.05) is 7.05 Å². The van der Waals surface area contributed by atoms with Crippen LogP contribution in [0, 0.1) is 10.1 Å². The van der Waals surface area contributed by atoms with Gasteiger partial charge in [-0.05, 0) is 6.92 Å². The van der Waals surface area contributed by atoms with Gasteiger partial charge in [-0.25, -0.2) is 0 Å². The Hall–Kier alpha value is -1.63. The van der Waals surface area contributed by atoms with Crippen LogP contribution < -0.4 is 4.74 Å². The maximum absolute atomic E-state index is 10.6. The zero-order valence-electron chi connectivity index (χ0n) is 8.41. The van der Waals surface area contributed by atoms with Crippen molar-refractivity contribution in [3.8, 4) is 5.88 Å². The second-order valence-corrected chi connectivity index (χ2v) is 3.45. The van der Waals surface area contributed by atoms with E-state index < -0.39 is 4.92 Å². The fourth-order valence-electron chi connectivity index (χ4n) is 1.31. The smallest absolute Gasteiger partial charge is 0.350 e. The Bertz CT molecular complexity index is 389. The van der Waals surface area contributed by atoms with E-state index in [-0.39, 0.29) is 23.8 Å². The minimum atomic E-state index is -0.507. The predicted molar refractivity (Wildman–Crippen MR) is 49.7 cm³/mol. The van der Waals surface area contributed by atoms with E-state index in [2.05, 4.69) is 5.10 Å². The third-order valence-electron chi connectivity index (χ3n) is 2.28. The van der Waals surface area contributed by atoms with Gasteiger partial charge < -0.3 is 9.47 Å². The number of nitro groups is 1.